The minimum absolute atomic E-state index is 1.36. The molecule has 46 valence electrons. The van der Waals surface area contributed by atoms with Crippen LogP contribution in [0.2, 0.25) is 8.35 Å². The molecule has 0 atom stereocenters. The maximum absolute atomic E-state index is 8.53. The standard InChI is InChI=1S/C5H10.In.H2NO/c1-3-5-4-2;;1-2/h1-5H2;;1-2H/q;+1;-1. The molecule has 0 spiro atoms. The van der Waals surface area contributed by atoms with Crippen LogP contribution >= 0.6 is 0 Å². The van der Waals surface area contributed by atoms with Gasteiger partial charge in [0.2, 0.25) is 0 Å². The third-order valence-electron chi connectivity index (χ3n) is 1.79. The molecule has 1 fully saturated rings. The summed E-state index contributed by atoms with van der Waals surface area (Å²) >= 11 is -1.41. The van der Waals surface area contributed by atoms with Crippen LogP contribution in [0, 0.1) is 0 Å². The summed E-state index contributed by atoms with van der Waals surface area (Å²) in [5.41, 5.74) is 0. The normalized spacial score (nSPS) is 21.4. The summed E-state index contributed by atoms with van der Waals surface area (Å²) in [6.07, 6.45) is 4.14. The van der Waals surface area contributed by atoms with Crippen molar-refractivity contribution in [2.24, 2.45) is 0 Å². The van der Waals surface area contributed by atoms with Gasteiger partial charge in [-0.1, -0.05) is 0 Å². The first kappa shape index (κ1) is 6.90. The zero-order valence-electron chi connectivity index (χ0n) is 5.06. The summed E-state index contributed by atoms with van der Waals surface area (Å²) in [6, 6.07) is 0. The van der Waals surface area contributed by atoms with Gasteiger partial charge in [-0.2, -0.15) is 0 Å². The number of rotatable bonds is 1. The molecule has 0 bridgehead atoms. The molecular formula is C5H12InNO. The summed E-state index contributed by atoms with van der Waals surface area (Å²) in [7, 11) is 0. The molecule has 0 saturated carbocycles. The van der Waals surface area contributed by atoms with Crippen LogP contribution in [0.15, 0.2) is 0 Å². The van der Waals surface area contributed by atoms with Gasteiger partial charge in [0.05, 0.1) is 0 Å². The van der Waals surface area contributed by atoms with Crippen LogP contribution in [0.5, 0.6) is 0 Å². The third kappa shape index (κ3) is 1.96. The van der Waals surface area contributed by atoms with Crippen LogP contribution in [0.3, 0.4) is 0 Å². The Labute approximate surface area is 58.2 Å². The van der Waals surface area contributed by atoms with E-state index in [4.69, 9.17) is 5.21 Å². The minimum atomic E-state index is -1.41. The molecule has 3 heteroatoms. The summed E-state index contributed by atoms with van der Waals surface area (Å²) in [5, 5.41) is 8.53. The van der Waals surface area contributed by atoms with E-state index in [0.717, 1.165) is 0 Å². The first-order chi connectivity index (χ1) is 3.93. The Morgan fingerprint density at radius 3 is 2.12 bits per heavy atom. The van der Waals surface area contributed by atoms with Crippen molar-refractivity contribution in [3.63, 3.8) is 0 Å². The fourth-order valence-electron chi connectivity index (χ4n) is 1.23. The Bertz CT molecular complexity index is 63.4. The van der Waals surface area contributed by atoms with Gasteiger partial charge < -0.3 is 0 Å². The first-order valence-electron chi connectivity index (χ1n) is 3.33. The van der Waals surface area contributed by atoms with Crippen molar-refractivity contribution < 1.29 is 5.21 Å². The topological polar surface area (TPSA) is 32.3 Å². The average molecular weight is 217 g/mol. The van der Waals surface area contributed by atoms with E-state index in [0.29, 0.717) is 0 Å². The molecule has 0 aromatic heterocycles. The van der Waals surface area contributed by atoms with Crippen LogP contribution in [0.4, 0.5) is 0 Å². The number of hydrogen-bond acceptors (Lipinski definition) is 2. The molecule has 0 aromatic rings. The van der Waals surface area contributed by atoms with Gasteiger partial charge in [-0.15, -0.1) is 0 Å². The van der Waals surface area contributed by atoms with E-state index in [9.17, 15) is 0 Å². The summed E-state index contributed by atoms with van der Waals surface area (Å²) in [5.74, 6) is 0. The van der Waals surface area contributed by atoms with Gasteiger partial charge in [-0.25, -0.2) is 0 Å². The van der Waals surface area contributed by atoms with E-state index >= 15 is 0 Å². The maximum atomic E-state index is 8.53. The predicted octanol–water partition coefficient (Wildman–Crippen LogP) is 1.14. The molecule has 2 nitrogen and oxygen atoms in total. The molecule has 8 heavy (non-hydrogen) atoms. The Balaban J connectivity index is 2.13. The molecule has 1 saturated heterocycles. The van der Waals surface area contributed by atoms with Crippen molar-refractivity contribution in [3.8, 4) is 0 Å². The number of hydrogen-bond donors (Lipinski definition) is 2. The van der Waals surface area contributed by atoms with Crippen LogP contribution < -0.4 is 3.47 Å². The van der Waals surface area contributed by atoms with Crippen molar-refractivity contribution in [2.75, 3.05) is 0 Å². The second-order valence-electron chi connectivity index (χ2n) is 2.46. The van der Waals surface area contributed by atoms with Gasteiger partial charge >= 0.3 is 58.0 Å². The van der Waals surface area contributed by atoms with E-state index in [2.05, 4.69) is 3.47 Å². The van der Waals surface area contributed by atoms with Gasteiger partial charge in [0.25, 0.3) is 0 Å². The molecule has 0 radical (unpaired) electrons. The molecule has 1 rings (SSSR count). The zero-order valence-corrected chi connectivity index (χ0v) is 8.36. The second kappa shape index (κ2) is 3.75. The van der Waals surface area contributed by atoms with E-state index in [1.54, 1.807) is 0 Å². The molecule has 1 heterocycles. The predicted molar refractivity (Wildman–Crippen MR) is 34.1 cm³/mol. The van der Waals surface area contributed by atoms with Crippen LogP contribution in [-0.2, 0) is 0 Å². The van der Waals surface area contributed by atoms with Crippen molar-refractivity contribution in [1.29, 1.82) is 0 Å². The molecule has 0 amide bonds. The monoisotopic (exact) mass is 217 g/mol. The Hall–Kier alpha value is 0.790. The van der Waals surface area contributed by atoms with Crippen molar-refractivity contribution in [3.05, 3.63) is 0 Å². The van der Waals surface area contributed by atoms with Gasteiger partial charge in [0, 0.05) is 0 Å². The van der Waals surface area contributed by atoms with Crippen LogP contribution in [0.1, 0.15) is 19.3 Å². The fourth-order valence-corrected chi connectivity index (χ4v) is 7.25. The third-order valence-corrected chi connectivity index (χ3v) is 9.14. The van der Waals surface area contributed by atoms with Gasteiger partial charge in [0.15, 0.2) is 0 Å². The van der Waals surface area contributed by atoms with Crippen molar-refractivity contribution in [1.82, 2.24) is 3.47 Å². The molecule has 1 aliphatic rings. The van der Waals surface area contributed by atoms with E-state index in [1.165, 1.54) is 27.6 Å². The van der Waals surface area contributed by atoms with Gasteiger partial charge in [-0.3, -0.25) is 0 Å². The van der Waals surface area contributed by atoms with Gasteiger partial charge in [0.1, 0.15) is 0 Å². The number of nitrogens with one attached hydrogen (secondary N) is 1. The Kier molecular flexibility index (Phi) is 3.23. The summed E-state index contributed by atoms with van der Waals surface area (Å²) in [4.78, 5) is 0. The zero-order chi connectivity index (χ0) is 5.82. The SMILES string of the molecule is O[NH][In]1[CH2]CCC[CH2]1. The Morgan fingerprint density at radius 2 is 1.75 bits per heavy atom. The molecule has 2 N–H and O–H groups in total. The molecule has 0 aromatic carbocycles. The molecule has 0 aliphatic carbocycles. The first-order valence-corrected chi connectivity index (χ1v) is 9.64. The Morgan fingerprint density at radius 1 is 1.12 bits per heavy atom. The fraction of sp³-hybridized carbons (Fsp3) is 1.00. The molecule has 1 aliphatic heterocycles. The average Bonchev–Trinajstić information content (AvgIpc) is 1.90. The quantitative estimate of drug-likeness (QED) is 0.645. The van der Waals surface area contributed by atoms with Crippen molar-refractivity contribution >= 4 is 21.7 Å². The van der Waals surface area contributed by atoms with E-state index in [1.807, 2.05) is 0 Å². The van der Waals surface area contributed by atoms with Gasteiger partial charge in [-0.05, 0) is 0 Å². The second-order valence-corrected chi connectivity index (χ2v) is 10.5. The van der Waals surface area contributed by atoms with E-state index < -0.39 is 21.7 Å². The van der Waals surface area contributed by atoms with Crippen molar-refractivity contribution in [2.45, 2.75) is 27.6 Å². The van der Waals surface area contributed by atoms with E-state index in [-0.39, 0.29) is 0 Å². The van der Waals surface area contributed by atoms with Crippen LogP contribution in [-0.4, -0.2) is 26.9 Å². The summed E-state index contributed by atoms with van der Waals surface area (Å²) in [6.45, 7) is 0. The summed E-state index contributed by atoms with van der Waals surface area (Å²) < 4.78 is 5.23. The molecule has 0 unspecified atom stereocenters. The molecular weight excluding hydrogens is 205 g/mol. The van der Waals surface area contributed by atoms with Crippen LogP contribution in [0.25, 0.3) is 0 Å².